The predicted molar refractivity (Wildman–Crippen MR) is 99.2 cm³/mol. The van der Waals surface area contributed by atoms with Gasteiger partial charge in [0.05, 0.1) is 5.69 Å². The molecule has 0 spiro atoms. The van der Waals surface area contributed by atoms with E-state index >= 15 is 0 Å². The molecular formula is C20H27N3O2. The molecule has 0 radical (unpaired) electrons. The van der Waals surface area contributed by atoms with Crippen molar-refractivity contribution in [2.45, 2.75) is 58.9 Å². The normalized spacial score (nSPS) is 23.1. The quantitative estimate of drug-likeness (QED) is 0.854. The number of aryl methyl sites for hydroxylation is 2. The molecule has 134 valence electrons. The Morgan fingerprint density at radius 2 is 1.96 bits per heavy atom. The van der Waals surface area contributed by atoms with E-state index in [0.717, 1.165) is 59.5 Å². The first-order valence-electron chi connectivity index (χ1n) is 8.70. The van der Waals surface area contributed by atoms with Gasteiger partial charge in [-0.05, 0) is 50.3 Å². The van der Waals surface area contributed by atoms with Crippen LogP contribution in [0.5, 0.6) is 0 Å². The van der Waals surface area contributed by atoms with Crippen molar-refractivity contribution < 1.29 is 9.32 Å². The summed E-state index contributed by atoms with van der Waals surface area (Å²) in [4.78, 5) is 12.7. The van der Waals surface area contributed by atoms with Crippen LogP contribution in [0.2, 0.25) is 0 Å². The molecular weight excluding hydrogens is 314 g/mol. The third-order valence-corrected chi connectivity index (χ3v) is 5.66. The van der Waals surface area contributed by atoms with Crippen LogP contribution in [-0.2, 0) is 10.3 Å². The van der Waals surface area contributed by atoms with E-state index in [4.69, 9.17) is 10.3 Å². The summed E-state index contributed by atoms with van der Waals surface area (Å²) in [6, 6.07) is 6.00. The van der Waals surface area contributed by atoms with Gasteiger partial charge in [0.2, 0.25) is 5.91 Å². The zero-order valence-electron chi connectivity index (χ0n) is 14.2. The number of fused-ring (bicyclic) bond motifs is 1. The minimum Gasteiger partial charge on any atom is -0.361 e. The second kappa shape index (κ2) is 6.30. The number of rotatable bonds is 2. The number of hydrogen-bond acceptors (Lipinski definition) is 4. The molecule has 5 heteroatoms. The van der Waals surface area contributed by atoms with Gasteiger partial charge in [-0.25, -0.2) is 0 Å². The molecule has 1 atom stereocenters. The first-order chi connectivity index (χ1) is 11.5. The summed E-state index contributed by atoms with van der Waals surface area (Å²) in [5.74, 6) is 0.915. The van der Waals surface area contributed by atoms with Crippen molar-refractivity contribution in [2.24, 2.45) is 11.7 Å². The number of amides is 1. The Morgan fingerprint density at radius 1 is 1.24 bits per heavy atom. The van der Waals surface area contributed by atoms with E-state index in [1.807, 2.05) is 32.0 Å². The molecule has 1 unspecified atom stereocenters. The van der Waals surface area contributed by atoms with Gasteiger partial charge in [-0.3, -0.25) is 4.79 Å². The molecule has 1 aromatic heterocycles. The lowest BCUT2D eigenvalue weighted by atomic mass is 9.72. The Kier molecular flexibility index (Phi) is 4.45. The van der Waals surface area contributed by atoms with Gasteiger partial charge in [-0.15, -0.1) is 0 Å². The Bertz CT molecular complexity index is 786. The second-order valence-corrected chi connectivity index (χ2v) is 7.12. The van der Waals surface area contributed by atoms with Crippen LogP contribution in [0.25, 0.3) is 11.1 Å². The topological polar surface area (TPSA) is 81.2 Å². The van der Waals surface area contributed by atoms with Crippen molar-refractivity contribution in [2.75, 3.05) is 5.32 Å². The van der Waals surface area contributed by atoms with Crippen molar-refractivity contribution in [3.05, 3.63) is 35.2 Å². The Hall–Kier alpha value is -2.14. The lowest BCUT2D eigenvalue weighted by molar-refractivity contribution is -0.123. The molecule has 1 amide bonds. The van der Waals surface area contributed by atoms with Gasteiger partial charge in [0.1, 0.15) is 11.3 Å². The standard InChI is InChI=1S/C19H23N3O2.CH4/c1-11-17(12(2)24-22-11)13-8-9-16-15(10-13)19(20,18(23)21-16)14-6-4-3-5-7-14;/h8-10,14H,3-7,20H2,1-2H3,(H,21,23);1H4. The molecule has 1 aliphatic heterocycles. The Balaban J connectivity index is 0.00000182. The maximum absolute atomic E-state index is 12.7. The number of aromatic nitrogens is 1. The average molecular weight is 341 g/mol. The minimum atomic E-state index is -0.926. The van der Waals surface area contributed by atoms with Gasteiger partial charge in [0, 0.05) is 16.8 Å². The van der Waals surface area contributed by atoms with Crippen molar-refractivity contribution >= 4 is 11.6 Å². The van der Waals surface area contributed by atoms with E-state index in [0.29, 0.717) is 0 Å². The number of hydrogen-bond donors (Lipinski definition) is 2. The number of anilines is 1. The van der Waals surface area contributed by atoms with Crippen LogP contribution in [0.1, 0.15) is 56.5 Å². The van der Waals surface area contributed by atoms with E-state index in [9.17, 15) is 4.79 Å². The van der Waals surface area contributed by atoms with Crippen LogP contribution < -0.4 is 11.1 Å². The van der Waals surface area contributed by atoms with Gasteiger partial charge < -0.3 is 15.6 Å². The van der Waals surface area contributed by atoms with Crippen molar-refractivity contribution in [1.29, 1.82) is 0 Å². The van der Waals surface area contributed by atoms with E-state index in [2.05, 4.69) is 10.5 Å². The summed E-state index contributed by atoms with van der Waals surface area (Å²) >= 11 is 0. The van der Waals surface area contributed by atoms with E-state index in [1.165, 1.54) is 6.42 Å². The zero-order chi connectivity index (χ0) is 16.9. The SMILES string of the molecule is C.Cc1noc(C)c1-c1ccc2c(c1)C(N)(C1CCCCC1)C(=O)N2. The van der Waals surface area contributed by atoms with Crippen molar-refractivity contribution in [3.8, 4) is 11.1 Å². The first kappa shape index (κ1) is 17.7. The molecule has 0 bridgehead atoms. The highest BCUT2D eigenvalue weighted by Gasteiger charge is 2.49. The van der Waals surface area contributed by atoms with Crippen LogP contribution in [-0.4, -0.2) is 11.1 Å². The molecule has 2 aliphatic rings. The van der Waals surface area contributed by atoms with E-state index in [1.54, 1.807) is 0 Å². The molecule has 2 heterocycles. The number of nitrogens with zero attached hydrogens (tertiary/aromatic N) is 1. The van der Waals surface area contributed by atoms with Gasteiger partial charge >= 0.3 is 0 Å². The van der Waals surface area contributed by atoms with Crippen LogP contribution in [0.4, 0.5) is 5.69 Å². The summed E-state index contributed by atoms with van der Waals surface area (Å²) in [5.41, 5.74) is 10.4. The fraction of sp³-hybridized carbons (Fsp3) is 0.500. The third kappa shape index (κ3) is 2.58. The van der Waals surface area contributed by atoms with Gasteiger partial charge in [0.15, 0.2) is 0 Å². The number of carbonyl (C=O) groups excluding carboxylic acids is 1. The number of carbonyl (C=O) groups is 1. The van der Waals surface area contributed by atoms with Gasteiger partial charge in [-0.2, -0.15) is 0 Å². The Labute approximate surface area is 149 Å². The van der Waals surface area contributed by atoms with Crippen LogP contribution in [0, 0.1) is 19.8 Å². The average Bonchev–Trinajstić information content (AvgIpc) is 3.06. The lowest BCUT2D eigenvalue weighted by Gasteiger charge is -2.35. The summed E-state index contributed by atoms with van der Waals surface area (Å²) in [5, 5.41) is 7.02. The summed E-state index contributed by atoms with van der Waals surface area (Å²) in [6.07, 6.45) is 5.56. The molecule has 1 aromatic carbocycles. The molecule has 1 fully saturated rings. The highest BCUT2D eigenvalue weighted by atomic mass is 16.5. The molecule has 5 nitrogen and oxygen atoms in total. The van der Waals surface area contributed by atoms with Crippen LogP contribution in [0.15, 0.2) is 22.7 Å². The highest BCUT2D eigenvalue weighted by molar-refractivity contribution is 6.06. The monoisotopic (exact) mass is 341 g/mol. The minimum absolute atomic E-state index is 0. The zero-order valence-corrected chi connectivity index (χ0v) is 14.2. The van der Waals surface area contributed by atoms with Crippen molar-refractivity contribution in [3.63, 3.8) is 0 Å². The summed E-state index contributed by atoms with van der Waals surface area (Å²) in [6.45, 7) is 3.84. The third-order valence-electron chi connectivity index (χ3n) is 5.66. The smallest absolute Gasteiger partial charge is 0.249 e. The number of nitrogens with two attached hydrogens (primary N) is 1. The number of nitrogens with one attached hydrogen (secondary N) is 1. The maximum Gasteiger partial charge on any atom is 0.249 e. The van der Waals surface area contributed by atoms with Crippen LogP contribution >= 0.6 is 0 Å². The second-order valence-electron chi connectivity index (χ2n) is 7.12. The predicted octanol–water partition coefficient (Wildman–Crippen LogP) is 4.28. The highest BCUT2D eigenvalue weighted by Crippen LogP contribution is 2.46. The fourth-order valence-electron chi connectivity index (χ4n) is 4.36. The van der Waals surface area contributed by atoms with E-state index < -0.39 is 5.54 Å². The molecule has 2 aromatic rings. The van der Waals surface area contributed by atoms with Gasteiger partial charge in [0.25, 0.3) is 0 Å². The van der Waals surface area contributed by atoms with E-state index in [-0.39, 0.29) is 19.3 Å². The molecule has 3 N–H and O–H groups in total. The lowest BCUT2D eigenvalue weighted by Crippen LogP contribution is -2.50. The van der Waals surface area contributed by atoms with Crippen molar-refractivity contribution in [1.82, 2.24) is 5.16 Å². The molecule has 1 saturated carbocycles. The summed E-state index contributed by atoms with van der Waals surface area (Å²) in [7, 11) is 0. The molecule has 25 heavy (non-hydrogen) atoms. The Morgan fingerprint density at radius 3 is 2.60 bits per heavy atom. The maximum atomic E-state index is 12.7. The molecule has 4 rings (SSSR count). The first-order valence-corrected chi connectivity index (χ1v) is 8.70. The molecule has 1 aliphatic carbocycles. The molecule has 0 saturated heterocycles. The van der Waals surface area contributed by atoms with Gasteiger partial charge in [-0.1, -0.05) is 37.9 Å². The fourth-order valence-corrected chi connectivity index (χ4v) is 4.36. The summed E-state index contributed by atoms with van der Waals surface area (Å²) < 4.78 is 5.29. The number of benzene rings is 1. The van der Waals surface area contributed by atoms with Crippen LogP contribution in [0.3, 0.4) is 0 Å². The largest absolute Gasteiger partial charge is 0.361 e.